The van der Waals surface area contributed by atoms with Crippen LogP contribution in [0.25, 0.3) is 5.69 Å². The summed E-state index contributed by atoms with van der Waals surface area (Å²) in [5, 5.41) is 20.4. The van der Waals surface area contributed by atoms with Gasteiger partial charge in [-0.3, -0.25) is 14.7 Å². The van der Waals surface area contributed by atoms with Gasteiger partial charge in [0.15, 0.2) is 0 Å². The molecule has 2 aromatic rings. The van der Waals surface area contributed by atoms with Gasteiger partial charge in [-0.15, -0.1) is 0 Å². The van der Waals surface area contributed by atoms with Crippen LogP contribution in [0, 0.1) is 5.92 Å². The van der Waals surface area contributed by atoms with Crippen LogP contribution in [0.15, 0.2) is 41.3 Å². The summed E-state index contributed by atoms with van der Waals surface area (Å²) in [5.74, 6) is 0.246. The molecule has 0 spiro atoms. The molecule has 5 N–H and O–H groups in total. The van der Waals surface area contributed by atoms with Crippen LogP contribution in [-0.4, -0.2) is 105 Å². The molecule has 5 amide bonds. The highest BCUT2D eigenvalue weighted by atomic mass is 16.6. The molecule has 1 aromatic carbocycles. The van der Waals surface area contributed by atoms with Crippen molar-refractivity contribution in [1.29, 1.82) is 0 Å². The maximum atomic E-state index is 12.8. The van der Waals surface area contributed by atoms with Gasteiger partial charge in [0.25, 0.3) is 0 Å². The molecular formula is C33H48N8O7. The SMILES string of the molecule is CC(Cc1ccc(-n2ccc(NC(=O)N3CCN(C(=O)C(C)(C)NC(=O)O)CC3)nc2=O)cc1)NCC1CC(NC(=O)OC(C)(C)C)C1. The minimum Gasteiger partial charge on any atom is -0.465 e. The Labute approximate surface area is 280 Å². The molecule has 15 nitrogen and oxygen atoms in total. The van der Waals surface area contributed by atoms with E-state index in [1.54, 1.807) is 12.3 Å². The fraction of sp³-hybridized carbons (Fsp3) is 0.576. The van der Waals surface area contributed by atoms with Gasteiger partial charge in [-0.05, 0) is 97.0 Å². The third-order valence-electron chi connectivity index (χ3n) is 8.31. The first-order valence-electron chi connectivity index (χ1n) is 16.3. The average Bonchev–Trinajstić information content (AvgIpc) is 2.97. The molecule has 48 heavy (non-hydrogen) atoms. The number of alkyl carbamates (subject to hydrolysis) is 1. The second-order valence-electron chi connectivity index (χ2n) is 14.1. The monoisotopic (exact) mass is 668 g/mol. The Morgan fingerprint density at radius 1 is 0.979 bits per heavy atom. The molecule has 1 aliphatic carbocycles. The number of urea groups is 1. The lowest BCUT2D eigenvalue weighted by atomic mass is 9.80. The Bertz CT molecular complexity index is 1520. The van der Waals surface area contributed by atoms with E-state index in [-0.39, 0.29) is 56.1 Å². The Morgan fingerprint density at radius 2 is 1.60 bits per heavy atom. The van der Waals surface area contributed by atoms with Crippen molar-refractivity contribution < 1.29 is 29.0 Å². The van der Waals surface area contributed by atoms with E-state index >= 15 is 0 Å². The standard InChI is InChI=1S/C33H48N8O7/c1-21(34-20-23-18-24(19-23)35-31(47)48-32(2,3)4)17-22-7-9-25(10-8-22)41-12-11-26(37-29(41)44)36-28(43)40-15-13-39(14-16-40)27(42)33(5,6)38-30(45)46/h7-12,21,23-24,34,38H,13-20H2,1-6H3,(H,35,47)(H,45,46)(H,36,37,43,44). The molecule has 262 valence electrons. The van der Waals surface area contributed by atoms with Gasteiger partial charge in [0.1, 0.15) is 17.0 Å². The van der Waals surface area contributed by atoms with Crippen molar-refractivity contribution in [1.82, 2.24) is 35.3 Å². The second-order valence-corrected chi connectivity index (χ2v) is 14.1. The third kappa shape index (κ3) is 10.2. The number of nitrogens with one attached hydrogen (secondary N) is 4. The van der Waals surface area contributed by atoms with Crippen molar-refractivity contribution in [3.05, 3.63) is 52.6 Å². The molecule has 2 aliphatic rings. The molecule has 1 saturated heterocycles. The molecule has 2 fully saturated rings. The van der Waals surface area contributed by atoms with E-state index in [0.29, 0.717) is 11.6 Å². The van der Waals surface area contributed by atoms with E-state index in [1.807, 2.05) is 45.0 Å². The van der Waals surface area contributed by atoms with Crippen molar-refractivity contribution >= 4 is 29.9 Å². The number of ether oxygens (including phenoxy) is 1. The number of hydrogen-bond donors (Lipinski definition) is 5. The van der Waals surface area contributed by atoms with Crippen LogP contribution in [0.3, 0.4) is 0 Å². The lowest BCUT2D eigenvalue weighted by molar-refractivity contribution is -0.138. The zero-order valence-electron chi connectivity index (χ0n) is 28.5. The minimum atomic E-state index is -1.29. The topological polar surface area (TPSA) is 187 Å². The van der Waals surface area contributed by atoms with E-state index in [9.17, 15) is 24.0 Å². The molecule has 15 heteroatoms. The van der Waals surface area contributed by atoms with E-state index in [4.69, 9.17) is 9.84 Å². The number of piperazine rings is 1. The number of carbonyl (C=O) groups excluding carboxylic acids is 3. The normalized spacial score (nSPS) is 18.7. The molecule has 0 bridgehead atoms. The van der Waals surface area contributed by atoms with Crippen molar-refractivity contribution in [3.63, 3.8) is 0 Å². The number of rotatable bonds is 10. The summed E-state index contributed by atoms with van der Waals surface area (Å²) in [6, 6.07) is 9.16. The lowest BCUT2D eigenvalue weighted by Gasteiger charge is -2.38. The Hall–Kier alpha value is -4.66. The van der Waals surface area contributed by atoms with Crippen LogP contribution in [0.2, 0.25) is 0 Å². The van der Waals surface area contributed by atoms with Gasteiger partial charge in [-0.25, -0.2) is 19.2 Å². The maximum absolute atomic E-state index is 12.8. The first kappa shape index (κ1) is 36.2. The number of hydrogen-bond acceptors (Lipinski definition) is 8. The summed E-state index contributed by atoms with van der Waals surface area (Å²) < 4.78 is 6.72. The Morgan fingerprint density at radius 3 is 2.19 bits per heavy atom. The molecule has 1 aromatic heterocycles. The highest BCUT2D eigenvalue weighted by molar-refractivity contribution is 5.90. The summed E-state index contributed by atoms with van der Waals surface area (Å²) >= 11 is 0. The molecular weight excluding hydrogens is 620 g/mol. The van der Waals surface area contributed by atoms with Crippen LogP contribution in [-0.2, 0) is 16.0 Å². The van der Waals surface area contributed by atoms with Gasteiger partial charge in [0, 0.05) is 44.5 Å². The van der Waals surface area contributed by atoms with Crippen LogP contribution < -0.4 is 27.0 Å². The van der Waals surface area contributed by atoms with Crippen molar-refractivity contribution in [2.45, 2.75) is 84.0 Å². The molecule has 4 rings (SSSR count). The number of amides is 5. The molecule has 0 radical (unpaired) electrons. The fourth-order valence-electron chi connectivity index (χ4n) is 5.77. The van der Waals surface area contributed by atoms with Gasteiger partial charge in [-0.2, -0.15) is 4.98 Å². The molecule has 1 aliphatic heterocycles. The number of nitrogens with zero attached hydrogens (tertiary/aromatic N) is 4. The predicted octanol–water partition coefficient (Wildman–Crippen LogP) is 2.78. The summed E-state index contributed by atoms with van der Waals surface area (Å²) in [4.78, 5) is 68.4. The van der Waals surface area contributed by atoms with Crippen LogP contribution in [0.1, 0.15) is 59.9 Å². The van der Waals surface area contributed by atoms with E-state index in [0.717, 1.165) is 31.4 Å². The smallest absolute Gasteiger partial charge is 0.407 e. The van der Waals surface area contributed by atoms with Crippen LogP contribution >= 0.6 is 0 Å². The zero-order chi connectivity index (χ0) is 35.2. The predicted molar refractivity (Wildman–Crippen MR) is 179 cm³/mol. The number of aromatic nitrogens is 2. The maximum Gasteiger partial charge on any atom is 0.407 e. The second kappa shape index (κ2) is 15.0. The Kier molecular flexibility index (Phi) is 11.3. The number of anilines is 1. The highest BCUT2D eigenvalue weighted by Gasteiger charge is 2.36. The molecule has 1 unspecified atom stereocenters. The largest absolute Gasteiger partial charge is 0.465 e. The third-order valence-corrected chi connectivity index (χ3v) is 8.31. The van der Waals surface area contributed by atoms with Crippen molar-refractivity contribution in [3.8, 4) is 5.69 Å². The number of benzene rings is 1. The first-order chi connectivity index (χ1) is 22.5. The van der Waals surface area contributed by atoms with Crippen molar-refractivity contribution in [2.24, 2.45) is 5.92 Å². The van der Waals surface area contributed by atoms with Gasteiger partial charge < -0.3 is 35.6 Å². The lowest BCUT2D eigenvalue weighted by Crippen LogP contribution is -2.60. The average molecular weight is 669 g/mol. The fourth-order valence-corrected chi connectivity index (χ4v) is 5.77. The Balaban J connectivity index is 1.20. The molecule has 1 atom stereocenters. The summed E-state index contributed by atoms with van der Waals surface area (Å²) in [6.07, 6.45) is 2.56. The van der Waals surface area contributed by atoms with Crippen molar-refractivity contribution in [2.75, 3.05) is 38.0 Å². The molecule has 1 saturated carbocycles. The minimum absolute atomic E-state index is 0.112. The highest BCUT2D eigenvalue weighted by Crippen LogP contribution is 2.27. The van der Waals surface area contributed by atoms with Crippen LogP contribution in [0.5, 0.6) is 0 Å². The van der Waals surface area contributed by atoms with E-state index in [1.165, 1.54) is 28.2 Å². The number of carboxylic acid groups (broad SMARTS) is 1. The zero-order valence-corrected chi connectivity index (χ0v) is 28.5. The van der Waals surface area contributed by atoms with Gasteiger partial charge >= 0.3 is 23.9 Å². The van der Waals surface area contributed by atoms with E-state index in [2.05, 4.69) is 33.2 Å². The van der Waals surface area contributed by atoms with Gasteiger partial charge in [-0.1, -0.05) is 12.1 Å². The van der Waals surface area contributed by atoms with Crippen LogP contribution in [0.4, 0.5) is 20.2 Å². The summed E-state index contributed by atoms with van der Waals surface area (Å²) in [7, 11) is 0. The first-order valence-corrected chi connectivity index (χ1v) is 16.3. The van der Waals surface area contributed by atoms with Gasteiger partial charge in [0.05, 0.1) is 5.69 Å². The van der Waals surface area contributed by atoms with E-state index < -0.39 is 29.0 Å². The molecule has 2 heterocycles. The van der Waals surface area contributed by atoms with Gasteiger partial charge in [0.2, 0.25) is 5.91 Å². The quantitative estimate of drug-likeness (QED) is 0.254. The number of carbonyl (C=O) groups is 4. The summed E-state index contributed by atoms with van der Waals surface area (Å²) in [5.41, 5.74) is -0.571. The summed E-state index contributed by atoms with van der Waals surface area (Å²) in [6.45, 7) is 12.5.